The third-order valence-corrected chi connectivity index (χ3v) is 3.30. The van der Waals surface area contributed by atoms with Gasteiger partial charge in [0.25, 0.3) is 0 Å². The van der Waals surface area contributed by atoms with E-state index in [1.165, 1.54) is 10.5 Å². The van der Waals surface area contributed by atoms with Crippen molar-refractivity contribution in [3.8, 4) is 0 Å². The first-order valence-corrected chi connectivity index (χ1v) is 6.04. The molecule has 0 fully saturated rings. The summed E-state index contributed by atoms with van der Waals surface area (Å²) in [4.78, 5) is 1.26. The molecule has 0 heterocycles. The molecule has 0 saturated heterocycles. The van der Waals surface area contributed by atoms with E-state index in [2.05, 4.69) is 24.3 Å². The smallest absolute Gasteiger partial charge is 0.0409 e. The largest absolute Gasteiger partial charge is 0.121 e. The van der Waals surface area contributed by atoms with Gasteiger partial charge >= 0.3 is 0 Å². The lowest BCUT2D eigenvalue weighted by atomic mass is 10.2. The Kier molecular flexibility index (Phi) is 3.70. The molecular weight excluding hydrogens is 224 g/mol. The van der Waals surface area contributed by atoms with Crippen molar-refractivity contribution < 1.29 is 0 Å². The molecule has 2 aromatic carbocycles. The zero-order valence-corrected chi connectivity index (χ0v) is 9.68. The van der Waals surface area contributed by atoms with E-state index in [1.54, 1.807) is 11.8 Å². The highest BCUT2D eigenvalue weighted by atomic mass is 35.5. The molecule has 0 amide bonds. The first-order valence-electron chi connectivity index (χ1n) is 4.68. The summed E-state index contributed by atoms with van der Waals surface area (Å²) in [5.41, 5.74) is 1.25. The zero-order valence-electron chi connectivity index (χ0n) is 8.11. The lowest BCUT2D eigenvalue weighted by molar-refractivity contribution is 1.38. The quantitative estimate of drug-likeness (QED) is 0.707. The monoisotopic (exact) mass is 233 g/mol. The highest BCUT2D eigenvalue weighted by Crippen LogP contribution is 2.23. The Morgan fingerprint density at radius 2 is 1.93 bits per heavy atom. The van der Waals surface area contributed by atoms with Gasteiger partial charge in [-0.05, 0) is 35.9 Å². The molecule has 0 aliphatic carbocycles. The molecule has 0 N–H and O–H groups in total. The lowest BCUT2D eigenvalue weighted by Gasteiger charge is -2.01. The number of rotatable bonds is 3. The summed E-state index contributed by atoms with van der Waals surface area (Å²) in [6.07, 6.45) is 0. The Morgan fingerprint density at radius 1 is 1.13 bits per heavy atom. The van der Waals surface area contributed by atoms with Gasteiger partial charge in [-0.25, -0.2) is 0 Å². The van der Waals surface area contributed by atoms with Gasteiger partial charge in [0.15, 0.2) is 0 Å². The van der Waals surface area contributed by atoms with Crippen molar-refractivity contribution in [2.75, 3.05) is 0 Å². The first kappa shape index (κ1) is 10.6. The van der Waals surface area contributed by atoms with Gasteiger partial charge in [-0.3, -0.25) is 0 Å². The van der Waals surface area contributed by atoms with Crippen LogP contribution < -0.4 is 0 Å². The third kappa shape index (κ3) is 3.29. The van der Waals surface area contributed by atoms with E-state index in [0.717, 1.165) is 10.8 Å². The molecular formula is C13H10ClS. The molecule has 75 valence electrons. The molecule has 2 heteroatoms. The van der Waals surface area contributed by atoms with Crippen molar-refractivity contribution in [1.29, 1.82) is 0 Å². The van der Waals surface area contributed by atoms with Crippen LogP contribution in [0.15, 0.2) is 53.4 Å². The average molecular weight is 234 g/mol. The minimum atomic E-state index is 0.800. The first-order chi connectivity index (χ1) is 7.34. The fourth-order valence-electron chi connectivity index (χ4n) is 1.26. The Labute approximate surface area is 99.3 Å². The molecule has 0 nitrogen and oxygen atoms in total. The molecule has 0 saturated carbocycles. The van der Waals surface area contributed by atoms with Crippen molar-refractivity contribution in [2.24, 2.45) is 0 Å². The van der Waals surface area contributed by atoms with Crippen LogP contribution in [0.25, 0.3) is 0 Å². The lowest BCUT2D eigenvalue weighted by Crippen LogP contribution is -1.79. The van der Waals surface area contributed by atoms with E-state index in [1.807, 2.05) is 30.3 Å². The van der Waals surface area contributed by atoms with Crippen LogP contribution in [0, 0.1) is 6.07 Å². The molecule has 2 rings (SSSR count). The predicted octanol–water partition coefficient (Wildman–Crippen LogP) is 4.43. The predicted molar refractivity (Wildman–Crippen MR) is 66.3 cm³/mol. The maximum atomic E-state index is 5.91. The Hall–Kier alpha value is -0.920. The van der Waals surface area contributed by atoms with Crippen molar-refractivity contribution >= 4 is 23.4 Å². The van der Waals surface area contributed by atoms with Crippen LogP contribution in [0.2, 0.25) is 5.02 Å². The summed E-state index contributed by atoms with van der Waals surface area (Å²) in [7, 11) is 0. The molecule has 0 unspecified atom stereocenters. The van der Waals surface area contributed by atoms with Crippen LogP contribution in [0.3, 0.4) is 0 Å². The molecule has 0 atom stereocenters. The van der Waals surface area contributed by atoms with Gasteiger partial charge in [-0.2, -0.15) is 0 Å². The van der Waals surface area contributed by atoms with Crippen LogP contribution in [0.4, 0.5) is 0 Å². The Balaban J connectivity index is 1.99. The average Bonchev–Trinajstić information content (AvgIpc) is 2.28. The Morgan fingerprint density at radius 3 is 2.67 bits per heavy atom. The maximum absolute atomic E-state index is 5.91. The van der Waals surface area contributed by atoms with Gasteiger partial charge < -0.3 is 0 Å². The molecule has 0 aromatic heterocycles. The summed E-state index contributed by atoms with van der Waals surface area (Å²) < 4.78 is 0. The van der Waals surface area contributed by atoms with Gasteiger partial charge in [0, 0.05) is 15.7 Å². The van der Waals surface area contributed by atoms with E-state index in [9.17, 15) is 0 Å². The minimum Gasteiger partial charge on any atom is -0.121 e. The van der Waals surface area contributed by atoms with Gasteiger partial charge in [0.1, 0.15) is 0 Å². The maximum Gasteiger partial charge on any atom is 0.0409 e. The van der Waals surface area contributed by atoms with Gasteiger partial charge in [-0.15, -0.1) is 11.8 Å². The second kappa shape index (κ2) is 5.24. The van der Waals surface area contributed by atoms with E-state index >= 15 is 0 Å². The third-order valence-electron chi connectivity index (χ3n) is 1.98. The number of hydrogen-bond donors (Lipinski definition) is 0. The van der Waals surface area contributed by atoms with Gasteiger partial charge in [0.05, 0.1) is 0 Å². The summed E-state index contributed by atoms with van der Waals surface area (Å²) in [6.45, 7) is 0. The van der Waals surface area contributed by atoms with Crippen LogP contribution in [-0.4, -0.2) is 0 Å². The number of hydrogen-bond acceptors (Lipinski definition) is 1. The van der Waals surface area contributed by atoms with Crippen LogP contribution >= 0.6 is 23.4 Å². The molecule has 0 bridgehead atoms. The highest BCUT2D eigenvalue weighted by Gasteiger charge is 1.96. The van der Waals surface area contributed by atoms with Crippen molar-refractivity contribution in [3.63, 3.8) is 0 Å². The topological polar surface area (TPSA) is 0 Å². The fraction of sp³-hybridized carbons (Fsp3) is 0.0769. The zero-order chi connectivity index (χ0) is 10.5. The summed E-state index contributed by atoms with van der Waals surface area (Å²) in [5.74, 6) is 0.949. The molecule has 15 heavy (non-hydrogen) atoms. The van der Waals surface area contributed by atoms with E-state index in [4.69, 9.17) is 11.6 Å². The normalized spacial score (nSPS) is 10.2. The Bertz CT molecular complexity index is 426. The molecule has 0 spiro atoms. The second-order valence-corrected chi connectivity index (χ2v) is 4.64. The standard InChI is InChI=1S/C13H10ClS/c14-12-6-4-5-11(9-12)10-15-13-7-2-1-3-8-13/h2-9H,10H2. The van der Waals surface area contributed by atoms with Crippen LogP contribution in [0.5, 0.6) is 0 Å². The number of thioether (sulfide) groups is 1. The summed E-state index contributed by atoms with van der Waals surface area (Å²) >= 11 is 7.72. The summed E-state index contributed by atoms with van der Waals surface area (Å²) in [6, 6.07) is 19.0. The van der Waals surface area contributed by atoms with E-state index in [0.29, 0.717) is 0 Å². The van der Waals surface area contributed by atoms with E-state index < -0.39 is 0 Å². The van der Waals surface area contributed by atoms with Crippen molar-refractivity contribution in [1.82, 2.24) is 0 Å². The molecule has 1 radical (unpaired) electrons. The summed E-state index contributed by atoms with van der Waals surface area (Å²) in [5, 5.41) is 0.800. The molecule has 0 aliphatic rings. The SMILES string of the molecule is Clc1cccc(CSc2cc[c]cc2)c1. The van der Waals surface area contributed by atoms with E-state index in [-0.39, 0.29) is 0 Å². The molecule has 0 aliphatic heterocycles. The highest BCUT2D eigenvalue weighted by molar-refractivity contribution is 7.98. The van der Waals surface area contributed by atoms with Crippen molar-refractivity contribution in [3.05, 3.63) is 65.2 Å². The minimum absolute atomic E-state index is 0.800. The van der Waals surface area contributed by atoms with Crippen molar-refractivity contribution in [2.45, 2.75) is 10.6 Å². The fourth-order valence-corrected chi connectivity index (χ4v) is 2.32. The van der Waals surface area contributed by atoms with Gasteiger partial charge in [-0.1, -0.05) is 35.9 Å². The number of halogens is 1. The number of benzene rings is 2. The second-order valence-electron chi connectivity index (χ2n) is 3.15. The van der Waals surface area contributed by atoms with Gasteiger partial charge in [0.2, 0.25) is 0 Å². The van der Waals surface area contributed by atoms with Crippen LogP contribution in [-0.2, 0) is 5.75 Å². The molecule has 2 aromatic rings. The van der Waals surface area contributed by atoms with Crippen LogP contribution in [0.1, 0.15) is 5.56 Å².